The molecule has 3 heteroatoms. The zero-order valence-electron chi connectivity index (χ0n) is 34.8. The van der Waals surface area contributed by atoms with Gasteiger partial charge in [0, 0.05) is 44.0 Å². The van der Waals surface area contributed by atoms with Crippen molar-refractivity contribution in [1.82, 2.24) is 0 Å². The van der Waals surface area contributed by atoms with E-state index >= 15 is 0 Å². The van der Waals surface area contributed by atoms with Crippen molar-refractivity contribution in [1.29, 1.82) is 0 Å². The summed E-state index contributed by atoms with van der Waals surface area (Å²) in [6.45, 7) is 0. The summed E-state index contributed by atoms with van der Waals surface area (Å²) in [5, 5.41) is 4.41. The molecule has 0 unspecified atom stereocenters. The van der Waals surface area contributed by atoms with Gasteiger partial charge in [0.1, 0.15) is 16.7 Å². The summed E-state index contributed by atoms with van der Waals surface area (Å²) in [6, 6.07) is 84.9. The standard InChI is InChI=1S/C61H39NO2/c1-4-16-40(17-5-1)41-30-34-45(35-31-41)62(46-36-32-42(33-37-46)47-24-14-25-49-48-22-11-13-29-56(48)63-58(47)49)55-28-15-26-50-51-38-39-54-57(60(51)64-59(50)55)52-23-10-12-27-53(52)61(54,43-18-6-2-7-19-43)44-20-8-3-9-21-44/h1-39H. The Hall–Kier alpha value is -8.40. The van der Waals surface area contributed by atoms with Crippen LogP contribution in [-0.4, -0.2) is 0 Å². The first-order valence-corrected chi connectivity index (χ1v) is 21.9. The fourth-order valence-electron chi connectivity index (χ4n) is 10.6. The highest BCUT2D eigenvalue weighted by Crippen LogP contribution is 2.59. The highest BCUT2D eigenvalue weighted by atomic mass is 16.3. The van der Waals surface area contributed by atoms with Crippen LogP contribution >= 0.6 is 0 Å². The number of nitrogens with zero attached hydrogens (tertiary/aromatic N) is 1. The van der Waals surface area contributed by atoms with Gasteiger partial charge in [-0.05, 0) is 80.9 Å². The van der Waals surface area contributed by atoms with E-state index in [1.165, 1.54) is 33.4 Å². The number of benzene rings is 10. The molecular formula is C61H39NO2. The number of hydrogen-bond donors (Lipinski definition) is 0. The van der Waals surface area contributed by atoms with Gasteiger partial charge >= 0.3 is 0 Å². The molecule has 1 aliphatic rings. The highest BCUT2D eigenvalue weighted by Gasteiger charge is 2.47. The average molecular weight is 818 g/mol. The van der Waals surface area contributed by atoms with E-state index in [-0.39, 0.29) is 0 Å². The monoisotopic (exact) mass is 817 g/mol. The van der Waals surface area contributed by atoms with E-state index in [1.54, 1.807) is 0 Å². The van der Waals surface area contributed by atoms with E-state index in [4.69, 9.17) is 8.83 Å². The fraction of sp³-hybridized carbons (Fsp3) is 0.0164. The molecule has 0 radical (unpaired) electrons. The fourth-order valence-corrected chi connectivity index (χ4v) is 10.6. The molecule has 13 rings (SSSR count). The summed E-state index contributed by atoms with van der Waals surface area (Å²) in [4.78, 5) is 2.33. The predicted molar refractivity (Wildman–Crippen MR) is 264 cm³/mol. The quantitative estimate of drug-likeness (QED) is 0.160. The maximum Gasteiger partial charge on any atom is 0.159 e. The van der Waals surface area contributed by atoms with Crippen molar-refractivity contribution in [3.05, 3.63) is 259 Å². The Morgan fingerprint density at radius 3 is 1.56 bits per heavy atom. The van der Waals surface area contributed by atoms with Gasteiger partial charge in [-0.2, -0.15) is 0 Å². The van der Waals surface area contributed by atoms with Gasteiger partial charge in [-0.25, -0.2) is 0 Å². The molecule has 0 saturated heterocycles. The Morgan fingerprint density at radius 1 is 0.312 bits per heavy atom. The van der Waals surface area contributed by atoms with Crippen molar-refractivity contribution < 1.29 is 8.83 Å². The van der Waals surface area contributed by atoms with Crippen LogP contribution in [0, 0.1) is 0 Å². The number of para-hydroxylation sites is 3. The largest absolute Gasteiger partial charge is 0.455 e. The van der Waals surface area contributed by atoms with Crippen molar-refractivity contribution in [3.63, 3.8) is 0 Å². The van der Waals surface area contributed by atoms with Gasteiger partial charge in [-0.1, -0.05) is 200 Å². The molecule has 3 nitrogen and oxygen atoms in total. The Morgan fingerprint density at radius 2 is 0.844 bits per heavy atom. The van der Waals surface area contributed by atoms with Crippen molar-refractivity contribution in [2.75, 3.05) is 4.90 Å². The van der Waals surface area contributed by atoms with E-state index in [1.807, 2.05) is 12.1 Å². The Bertz CT molecular complexity index is 3660. The van der Waals surface area contributed by atoms with Crippen LogP contribution < -0.4 is 4.90 Å². The number of anilines is 3. The van der Waals surface area contributed by atoms with Crippen LogP contribution in [-0.2, 0) is 5.41 Å². The zero-order valence-corrected chi connectivity index (χ0v) is 34.8. The smallest absolute Gasteiger partial charge is 0.159 e. The van der Waals surface area contributed by atoms with E-state index in [2.05, 4.69) is 229 Å². The molecule has 0 spiro atoms. The lowest BCUT2D eigenvalue weighted by Crippen LogP contribution is -2.28. The Kier molecular flexibility index (Phi) is 8.13. The van der Waals surface area contributed by atoms with Gasteiger partial charge in [-0.3, -0.25) is 0 Å². The van der Waals surface area contributed by atoms with Crippen LogP contribution in [0.4, 0.5) is 17.1 Å². The molecule has 0 saturated carbocycles. The van der Waals surface area contributed by atoms with Crippen LogP contribution in [0.15, 0.2) is 245 Å². The van der Waals surface area contributed by atoms with E-state index in [0.717, 1.165) is 83.2 Å². The van der Waals surface area contributed by atoms with Crippen LogP contribution in [0.1, 0.15) is 22.3 Å². The normalized spacial score (nSPS) is 12.8. The molecule has 1 aliphatic carbocycles. The zero-order chi connectivity index (χ0) is 42.2. The van der Waals surface area contributed by atoms with E-state index in [0.29, 0.717) is 0 Å². The van der Waals surface area contributed by atoms with Gasteiger partial charge in [0.15, 0.2) is 5.58 Å². The minimum absolute atomic E-state index is 0.522. The molecule has 0 fully saturated rings. The molecular weight excluding hydrogens is 779 g/mol. The second-order valence-electron chi connectivity index (χ2n) is 16.7. The van der Waals surface area contributed by atoms with Crippen molar-refractivity contribution in [2.45, 2.75) is 5.41 Å². The molecule has 2 aromatic heterocycles. The van der Waals surface area contributed by atoms with Crippen molar-refractivity contribution in [2.24, 2.45) is 0 Å². The van der Waals surface area contributed by atoms with Crippen molar-refractivity contribution >= 4 is 60.9 Å². The van der Waals surface area contributed by atoms with Crippen LogP contribution in [0.5, 0.6) is 0 Å². The number of rotatable bonds is 7. The highest BCUT2D eigenvalue weighted by molar-refractivity contribution is 6.16. The molecule has 0 aliphatic heterocycles. The average Bonchev–Trinajstić information content (AvgIpc) is 4.04. The summed E-state index contributed by atoms with van der Waals surface area (Å²) in [5.74, 6) is 0. The van der Waals surface area contributed by atoms with Gasteiger partial charge in [0.2, 0.25) is 0 Å². The molecule has 64 heavy (non-hydrogen) atoms. The predicted octanol–water partition coefficient (Wildman–Crippen LogP) is 16.7. The van der Waals surface area contributed by atoms with Gasteiger partial charge < -0.3 is 13.7 Å². The molecule has 12 aromatic rings. The minimum Gasteiger partial charge on any atom is -0.455 e. The molecule has 0 amide bonds. The summed E-state index contributed by atoms with van der Waals surface area (Å²) in [7, 11) is 0. The first-order valence-electron chi connectivity index (χ1n) is 21.9. The molecule has 0 atom stereocenters. The second kappa shape index (κ2) is 14.3. The molecule has 0 bridgehead atoms. The van der Waals surface area contributed by atoms with Crippen molar-refractivity contribution in [3.8, 4) is 33.4 Å². The number of furan rings is 2. The number of fused-ring (bicyclic) bond motifs is 10. The summed E-state index contributed by atoms with van der Waals surface area (Å²) in [6.07, 6.45) is 0. The van der Waals surface area contributed by atoms with Gasteiger partial charge in [-0.15, -0.1) is 0 Å². The summed E-state index contributed by atoms with van der Waals surface area (Å²) < 4.78 is 13.9. The molecule has 0 N–H and O–H groups in total. The van der Waals surface area contributed by atoms with Crippen LogP contribution in [0.25, 0.3) is 77.3 Å². The lowest BCUT2D eigenvalue weighted by Gasteiger charge is -2.33. The SMILES string of the molecule is c1ccc(-c2ccc(N(c3ccc(-c4cccc5c4oc4ccccc45)cc3)c3cccc4c3oc3c5c(ccc34)C(c3ccccc3)(c3ccccc3)c3ccccc3-5)cc2)cc1. The molecule has 10 aromatic carbocycles. The van der Waals surface area contributed by atoms with E-state index in [9.17, 15) is 0 Å². The third-order valence-corrected chi connectivity index (χ3v) is 13.4. The topological polar surface area (TPSA) is 29.5 Å². The lowest BCUT2D eigenvalue weighted by atomic mass is 9.68. The van der Waals surface area contributed by atoms with E-state index < -0.39 is 5.41 Å². The maximum atomic E-state index is 7.38. The first-order chi connectivity index (χ1) is 31.8. The Balaban J connectivity index is 1.02. The number of hydrogen-bond acceptors (Lipinski definition) is 3. The summed E-state index contributed by atoms with van der Waals surface area (Å²) >= 11 is 0. The second-order valence-corrected chi connectivity index (χ2v) is 16.7. The van der Waals surface area contributed by atoms with Gasteiger partial charge in [0.25, 0.3) is 0 Å². The third-order valence-electron chi connectivity index (χ3n) is 13.4. The maximum absolute atomic E-state index is 7.38. The molecule has 2 heterocycles. The molecule has 300 valence electrons. The summed E-state index contributed by atoms with van der Waals surface area (Å²) in [5.41, 5.74) is 17.8. The van der Waals surface area contributed by atoms with Gasteiger partial charge in [0.05, 0.1) is 11.1 Å². The minimum atomic E-state index is -0.522. The first kappa shape index (κ1) is 36.3. The lowest BCUT2D eigenvalue weighted by molar-refractivity contribution is 0.669. The third kappa shape index (κ3) is 5.34. The Labute approximate surface area is 370 Å². The van der Waals surface area contributed by atoms with Crippen LogP contribution in [0.2, 0.25) is 0 Å². The van der Waals surface area contributed by atoms with Crippen LogP contribution in [0.3, 0.4) is 0 Å².